The molecule has 17 heavy (non-hydrogen) atoms. The average molecular weight is 255 g/mol. The molecule has 0 unspecified atom stereocenters. The van der Waals surface area contributed by atoms with E-state index in [-0.39, 0.29) is 5.92 Å². The van der Waals surface area contributed by atoms with Gasteiger partial charge in [-0.25, -0.2) is 12.7 Å². The van der Waals surface area contributed by atoms with E-state index in [1.165, 1.54) is 16.1 Å². The Morgan fingerprint density at radius 3 is 2.18 bits per heavy atom. The molecule has 4 heteroatoms. The van der Waals surface area contributed by atoms with E-state index in [0.717, 1.165) is 6.42 Å². The summed E-state index contributed by atoms with van der Waals surface area (Å²) < 4.78 is 24.7. The zero-order chi connectivity index (χ0) is 12.9. The van der Waals surface area contributed by atoms with Gasteiger partial charge in [0.2, 0.25) is 10.0 Å². The van der Waals surface area contributed by atoms with Crippen molar-refractivity contribution < 1.29 is 8.42 Å². The van der Waals surface area contributed by atoms with Crippen LogP contribution in [0, 0.1) is 0 Å². The molecule has 0 spiro atoms. The predicted octanol–water partition coefficient (Wildman–Crippen LogP) is 2.46. The first kappa shape index (κ1) is 14.2. The van der Waals surface area contributed by atoms with E-state index in [2.05, 4.69) is 19.1 Å². The molecule has 1 rings (SSSR count). The standard InChI is InChI=1S/C13H21NO2S/c1-4-12(13-9-7-6-8-10-13)11-14(5-2)17(3,15)16/h6-10,12H,4-5,11H2,1-3H3/t12-/m1/s1. The molecule has 1 atom stereocenters. The van der Waals surface area contributed by atoms with Crippen molar-refractivity contribution in [1.29, 1.82) is 0 Å². The van der Waals surface area contributed by atoms with E-state index < -0.39 is 10.0 Å². The molecule has 0 amide bonds. The molecule has 0 aromatic heterocycles. The Morgan fingerprint density at radius 2 is 1.76 bits per heavy atom. The first-order chi connectivity index (χ1) is 7.99. The maximum Gasteiger partial charge on any atom is 0.211 e. The Bertz CT molecular complexity index is 428. The molecule has 0 N–H and O–H groups in total. The number of sulfonamides is 1. The zero-order valence-corrected chi connectivity index (χ0v) is 11.6. The van der Waals surface area contributed by atoms with Gasteiger partial charge in [-0.3, -0.25) is 0 Å². The Hall–Kier alpha value is -0.870. The van der Waals surface area contributed by atoms with Crippen LogP contribution in [0.15, 0.2) is 30.3 Å². The predicted molar refractivity (Wildman–Crippen MR) is 71.6 cm³/mol. The molecule has 0 saturated heterocycles. The second-order valence-corrected chi connectivity index (χ2v) is 6.21. The summed E-state index contributed by atoms with van der Waals surface area (Å²) in [7, 11) is -3.09. The maximum absolute atomic E-state index is 11.6. The molecule has 0 bridgehead atoms. The van der Waals surface area contributed by atoms with Crippen LogP contribution in [-0.4, -0.2) is 32.1 Å². The maximum atomic E-state index is 11.6. The Balaban J connectivity index is 2.84. The molecule has 1 aromatic carbocycles. The fourth-order valence-electron chi connectivity index (χ4n) is 1.94. The highest BCUT2D eigenvalue weighted by atomic mass is 32.2. The summed E-state index contributed by atoms with van der Waals surface area (Å²) in [5.41, 5.74) is 1.21. The van der Waals surface area contributed by atoms with Crippen LogP contribution in [0.3, 0.4) is 0 Å². The van der Waals surface area contributed by atoms with E-state index in [1.807, 2.05) is 25.1 Å². The first-order valence-corrected chi connectivity index (χ1v) is 7.83. The third kappa shape index (κ3) is 4.13. The van der Waals surface area contributed by atoms with Crippen LogP contribution in [-0.2, 0) is 10.0 Å². The lowest BCUT2D eigenvalue weighted by Gasteiger charge is -2.24. The third-order valence-corrected chi connectivity index (χ3v) is 4.35. The number of hydrogen-bond donors (Lipinski definition) is 0. The smallest absolute Gasteiger partial charge is 0.211 e. The van der Waals surface area contributed by atoms with Gasteiger partial charge in [0.1, 0.15) is 0 Å². The molecule has 0 aliphatic heterocycles. The first-order valence-electron chi connectivity index (χ1n) is 5.99. The molecule has 0 radical (unpaired) electrons. The highest BCUT2D eigenvalue weighted by Gasteiger charge is 2.19. The van der Waals surface area contributed by atoms with Crippen molar-refractivity contribution >= 4 is 10.0 Å². The van der Waals surface area contributed by atoms with Crippen LogP contribution in [0.25, 0.3) is 0 Å². The van der Waals surface area contributed by atoms with E-state index >= 15 is 0 Å². The summed E-state index contributed by atoms with van der Waals surface area (Å²) in [6.45, 7) is 5.06. The van der Waals surface area contributed by atoms with Crippen molar-refractivity contribution in [2.75, 3.05) is 19.3 Å². The average Bonchev–Trinajstić information content (AvgIpc) is 2.30. The van der Waals surface area contributed by atoms with Gasteiger partial charge in [0, 0.05) is 13.1 Å². The Labute approximate surface area is 105 Å². The molecular formula is C13H21NO2S. The van der Waals surface area contributed by atoms with Crippen molar-refractivity contribution in [3.8, 4) is 0 Å². The Kier molecular flexibility index (Phi) is 5.15. The summed E-state index contributed by atoms with van der Waals surface area (Å²) >= 11 is 0. The normalized spacial score (nSPS) is 13.9. The minimum absolute atomic E-state index is 0.269. The van der Waals surface area contributed by atoms with Crippen molar-refractivity contribution in [1.82, 2.24) is 4.31 Å². The molecule has 0 aliphatic carbocycles. The highest BCUT2D eigenvalue weighted by Crippen LogP contribution is 2.21. The molecular weight excluding hydrogens is 234 g/mol. The molecule has 1 aromatic rings. The van der Waals surface area contributed by atoms with Crippen molar-refractivity contribution in [3.05, 3.63) is 35.9 Å². The van der Waals surface area contributed by atoms with Crippen LogP contribution in [0.5, 0.6) is 0 Å². The molecule has 0 saturated carbocycles. The quantitative estimate of drug-likeness (QED) is 0.783. The van der Waals surface area contributed by atoms with Crippen molar-refractivity contribution in [2.24, 2.45) is 0 Å². The van der Waals surface area contributed by atoms with Crippen LogP contribution in [0.4, 0.5) is 0 Å². The lowest BCUT2D eigenvalue weighted by atomic mass is 9.96. The summed E-state index contributed by atoms with van der Waals surface area (Å²) in [4.78, 5) is 0. The van der Waals surface area contributed by atoms with Crippen LogP contribution in [0.1, 0.15) is 31.7 Å². The number of nitrogens with zero attached hydrogens (tertiary/aromatic N) is 1. The summed E-state index contributed by atoms with van der Waals surface area (Å²) in [6, 6.07) is 10.1. The zero-order valence-electron chi connectivity index (χ0n) is 10.8. The van der Waals surface area contributed by atoms with Gasteiger partial charge in [0.05, 0.1) is 6.26 Å². The summed E-state index contributed by atoms with van der Waals surface area (Å²) in [5, 5.41) is 0. The topological polar surface area (TPSA) is 37.4 Å². The highest BCUT2D eigenvalue weighted by molar-refractivity contribution is 7.88. The van der Waals surface area contributed by atoms with Crippen LogP contribution < -0.4 is 0 Å². The number of hydrogen-bond acceptors (Lipinski definition) is 2. The number of rotatable bonds is 6. The van der Waals surface area contributed by atoms with Gasteiger partial charge in [-0.15, -0.1) is 0 Å². The second kappa shape index (κ2) is 6.17. The molecule has 3 nitrogen and oxygen atoms in total. The van der Waals surface area contributed by atoms with Gasteiger partial charge >= 0.3 is 0 Å². The van der Waals surface area contributed by atoms with Gasteiger partial charge in [-0.1, -0.05) is 44.2 Å². The minimum Gasteiger partial charge on any atom is -0.213 e. The van der Waals surface area contributed by atoms with E-state index in [0.29, 0.717) is 13.1 Å². The lowest BCUT2D eigenvalue weighted by molar-refractivity contribution is 0.397. The van der Waals surface area contributed by atoms with Crippen LogP contribution in [0.2, 0.25) is 0 Å². The SMILES string of the molecule is CC[C@H](CN(CC)S(C)(=O)=O)c1ccccc1. The minimum atomic E-state index is -3.09. The van der Waals surface area contributed by atoms with Gasteiger partial charge < -0.3 is 0 Å². The fraction of sp³-hybridized carbons (Fsp3) is 0.538. The van der Waals surface area contributed by atoms with E-state index in [1.54, 1.807) is 0 Å². The summed E-state index contributed by atoms with van der Waals surface area (Å²) in [5.74, 6) is 0.269. The number of benzene rings is 1. The second-order valence-electron chi connectivity index (χ2n) is 4.23. The van der Waals surface area contributed by atoms with Gasteiger partial charge in [-0.2, -0.15) is 0 Å². The lowest BCUT2D eigenvalue weighted by Crippen LogP contribution is -2.33. The van der Waals surface area contributed by atoms with Gasteiger partial charge in [-0.05, 0) is 17.9 Å². The van der Waals surface area contributed by atoms with Gasteiger partial charge in [0.15, 0.2) is 0 Å². The van der Waals surface area contributed by atoms with Crippen molar-refractivity contribution in [3.63, 3.8) is 0 Å². The van der Waals surface area contributed by atoms with E-state index in [4.69, 9.17) is 0 Å². The largest absolute Gasteiger partial charge is 0.213 e. The monoisotopic (exact) mass is 255 g/mol. The number of likely N-dealkylation sites (N-methyl/N-ethyl adjacent to an activating group) is 1. The molecule has 0 aliphatic rings. The van der Waals surface area contributed by atoms with Crippen LogP contribution >= 0.6 is 0 Å². The summed E-state index contributed by atoms with van der Waals surface area (Å²) in [6.07, 6.45) is 2.21. The fourth-order valence-corrected chi connectivity index (χ4v) is 2.86. The Morgan fingerprint density at radius 1 is 1.18 bits per heavy atom. The third-order valence-electron chi connectivity index (χ3n) is 3.01. The molecule has 0 fully saturated rings. The molecule has 96 valence electrons. The van der Waals surface area contributed by atoms with E-state index in [9.17, 15) is 8.42 Å². The molecule has 0 heterocycles. The van der Waals surface area contributed by atoms with Crippen molar-refractivity contribution in [2.45, 2.75) is 26.2 Å². The van der Waals surface area contributed by atoms with Gasteiger partial charge in [0.25, 0.3) is 0 Å².